The van der Waals surface area contributed by atoms with Crippen molar-refractivity contribution in [3.8, 4) is 12.8 Å². The normalized spacial score (nSPS) is 28.5. The molecule has 96 valence electrons. The molecule has 1 aliphatic rings. The molecule has 1 aliphatic carbocycles. The van der Waals surface area contributed by atoms with Crippen LogP contribution in [0.4, 0.5) is 0 Å². The zero-order valence-electron chi connectivity index (χ0n) is 12.2. The van der Waals surface area contributed by atoms with E-state index in [1.54, 1.807) is 0 Å². The van der Waals surface area contributed by atoms with Gasteiger partial charge in [-0.05, 0) is 37.5 Å². The molecule has 2 atom stereocenters. The first-order chi connectivity index (χ1) is 7.97. The molecule has 0 aliphatic heterocycles. The van der Waals surface area contributed by atoms with Crippen molar-refractivity contribution in [2.75, 3.05) is 0 Å². The molecule has 0 amide bonds. The summed E-state index contributed by atoms with van der Waals surface area (Å²) in [6.45, 7) is 11.5. The molecule has 0 nitrogen and oxygen atoms in total. The number of rotatable bonds is 2. The first kappa shape index (κ1) is 16.0. The highest BCUT2D eigenvalue weighted by molar-refractivity contribution is 5.17. The summed E-state index contributed by atoms with van der Waals surface area (Å²) >= 11 is 0. The van der Waals surface area contributed by atoms with E-state index in [2.05, 4.69) is 65.7 Å². The van der Waals surface area contributed by atoms with Crippen molar-refractivity contribution in [2.24, 2.45) is 17.3 Å². The Balaban J connectivity index is 0.00000121. The Morgan fingerprint density at radius 3 is 2.35 bits per heavy atom. The fraction of sp³-hybridized carbons (Fsp3) is 0.647. The highest BCUT2D eigenvalue weighted by Crippen LogP contribution is 2.44. The van der Waals surface area contributed by atoms with E-state index in [9.17, 15) is 0 Å². The van der Waals surface area contributed by atoms with Gasteiger partial charge in [-0.25, -0.2) is 0 Å². The standard InChI is InChI=1S/C15H26.C2H2/c1-6-12(2)9-10-14-13(3)8-7-11-15(14,4)5;1-2/h6,9-10,13-14H,7-8,11H2,1-5H3;1-2H/b10-9+,12-6+;. The van der Waals surface area contributed by atoms with Crippen molar-refractivity contribution >= 4 is 0 Å². The summed E-state index contributed by atoms with van der Waals surface area (Å²) in [6, 6.07) is 0. The third-order valence-corrected chi connectivity index (χ3v) is 4.02. The summed E-state index contributed by atoms with van der Waals surface area (Å²) in [7, 11) is 0. The van der Waals surface area contributed by atoms with E-state index in [1.165, 1.54) is 24.8 Å². The number of hydrogen-bond donors (Lipinski definition) is 0. The lowest BCUT2D eigenvalue weighted by Crippen LogP contribution is -2.32. The van der Waals surface area contributed by atoms with Gasteiger partial charge in [0.05, 0.1) is 0 Å². The average molecular weight is 232 g/mol. The van der Waals surface area contributed by atoms with Crippen molar-refractivity contribution in [3.63, 3.8) is 0 Å². The van der Waals surface area contributed by atoms with Crippen LogP contribution in [0.2, 0.25) is 0 Å². The second-order valence-electron chi connectivity index (χ2n) is 5.78. The summed E-state index contributed by atoms with van der Waals surface area (Å²) in [5.41, 5.74) is 1.87. The van der Waals surface area contributed by atoms with E-state index in [0.29, 0.717) is 5.41 Å². The van der Waals surface area contributed by atoms with Crippen molar-refractivity contribution in [1.82, 2.24) is 0 Å². The molecule has 0 aromatic carbocycles. The van der Waals surface area contributed by atoms with E-state index in [1.807, 2.05) is 0 Å². The lowest BCUT2D eigenvalue weighted by Gasteiger charge is -2.41. The maximum Gasteiger partial charge on any atom is -0.0153 e. The summed E-state index contributed by atoms with van der Waals surface area (Å²) in [4.78, 5) is 0. The van der Waals surface area contributed by atoms with Crippen LogP contribution in [-0.4, -0.2) is 0 Å². The Labute approximate surface area is 108 Å². The molecule has 0 heterocycles. The fourth-order valence-corrected chi connectivity index (χ4v) is 2.80. The average Bonchev–Trinajstić information content (AvgIpc) is 2.30. The van der Waals surface area contributed by atoms with E-state index in [4.69, 9.17) is 0 Å². The molecule has 0 N–H and O–H groups in total. The minimum Gasteiger partial charge on any atom is -0.124 e. The Bertz CT molecular complexity index is 288. The molecule has 1 saturated carbocycles. The largest absolute Gasteiger partial charge is 0.124 e. The van der Waals surface area contributed by atoms with Gasteiger partial charge in [0.15, 0.2) is 0 Å². The number of hydrogen-bond acceptors (Lipinski definition) is 0. The second kappa shape index (κ2) is 7.38. The molecule has 0 spiro atoms. The predicted octanol–water partition coefficient (Wildman–Crippen LogP) is 5.22. The Kier molecular flexibility index (Phi) is 6.97. The van der Waals surface area contributed by atoms with Crippen LogP contribution in [0.15, 0.2) is 23.8 Å². The van der Waals surface area contributed by atoms with Crippen molar-refractivity contribution < 1.29 is 0 Å². The molecule has 0 saturated heterocycles. The Morgan fingerprint density at radius 1 is 1.29 bits per heavy atom. The fourth-order valence-electron chi connectivity index (χ4n) is 2.80. The van der Waals surface area contributed by atoms with Gasteiger partial charge in [0.25, 0.3) is 0 Å². The number of allylic oxidation sites excluding steroid dienone is 4. The highest BCUT2D eigenvalue weighted by Gasteiger charge is 2.34. The van der Waals surface area contributed by atoms with E-state index in [-0.39, 0.29) is 0 Å². The minimum absolute atomic E-state index is 0.488. The zero-order valence-corrected chi connectivity index (χ0v) is 12.2. The van der Waals surface area contributed by atoms with Crippen LogP contribution in [0.3, 0.4) is 0 Å². The maximum absolute atomic E-state index is 4.00. The molecule has 0 radical (unpaired) electrons. The second-order valence-corrected chi connectivity index (χ2v) is 5.78. The van der Waals surface area contributed by atoms with E-state index in [0.717, 1.165) is 11.8 Å². The molecule has 1 rings (SSSR count). The van der Waals surface area contributed by atoms with Crippen LogP contribution in [0.5, 0.6) is 0 Å². The monoisotopic (exact) mass is 232 g/mol. The minimum atomic E-state index is 0.488. The van der Waals surface area contributed by atoms with Gasteiger partial charge in [0.1, 0.15) is 0 Å². The van der Waals surface area contributed by atoms with Crippen LogP contribution in [0.1, 0.15) is 53.9 Å². The maximum atomic E-state index is 4.00. The number of terminal acetylenes is 1. The molecule has 0 heteroatoms. The Hall–Kier alpha value is -0.960. The quantitative estimate of drug-likeness (QED) is 0.452. The van der Waals surface area contributed by atoms with Crippen LogP contribution < -0.4 is 0 Å². The molecule has 0 bridgehead atoms. The summed E-state index contributed by atoms with van der Waals surface area (Å²) in [6.07, 6.45) is 19.1. The van der Waals surface area contributed by atoms with Gasteiger partial charge < -0.3 is 0 Å². The third kappa shape index (κ3) is 4.82. The lowest BCUT2D eigenvalue weighted by atomic mass is 9.64. The van der Waals surface area contributed by atoms with Crippen molar-refractivity contribution in [3.05, 3.63) is 23.8 Å². The predicted molar refractivity (Wildman–Crippen MR) is 78.7 cm³/mol. The van der Waals surface area contributed by atoms with Crippen LogP contribution in [0, 0.1) is 30.1 Å². The zero-order chi connectivity index (χ0) is 13.5. The van der Waals surface area contributed by atoms with Crippen LogP contribution in [-0.2, 0) is 0 Å². The van der Waals surface area contributed by atoms with Gasteiger partial charge >= 0.3 is 0 Å². The van der Waals surface area contributed by atoms with E-state index < -0.39 is 0 Å². The third-order valence-electron chi connectivity index (χ3n) is 4.02. The SMILES string of the molecule is C#C.C/C=C(C)/C=C/C1C(C)CCCC1(C)C. The van der Waals surface area contributed by atoms with Crippen molar-refractivity contribution in [1.29, 1.82) is 0 Å². The molecular formula is C17H28. The molecular weight excluding hydrogens is 204 g/mol. The molecule has 2 unspecified atom stereocenters. The molecule has 0 aromatic rings. The summed E-state index contributed by atoms with van der Waals surface area (Å²) in [5.74, 6) is 1.59. The van der Waals surface area contributed by atoms with Gasteiger partial charge in [0.2, 0.25) is 0 Å². The van der Waals surface area contributed by atoms with Crippen LogP contribution in [0.25, 0.3) is 0 Å². The van der Waals surface area contributed by atoms with E-state index >= 15 is 0 Å². The Morgan fingerprint density at radius 2 is 1.88 bits per heavy atom. The molecule has 1 fully saturated rings. The van der Waals surface area contributed by atoms with Gasteiger partial charge in [-0.2, -0.15) is 0 Å². The van der Waals surface area contributed by atoms with Gasteiger partial charge in [-0.15, -0.1) is 12.8 Å². The first-order valence-electron chi connectivity index (χ1n) is 6.62. The smallest absolute Gasteiger partial charge is 0.0153 e. The first-order valence-corrected chi connectivity index (χ1v) is 6.62. The molecule has 0 aromatic heterocycles. The lowest BCUT2D eigenvalue weighted by molar-refractivity contribution is 0.123. The highest BCUT2D eigenvalue weighted by atomic mass is 14.4. The summed E-state index contributed by atoms with van der Waals surface area (Å²) < 4.78 is 0. The topological polar surface area (TPSA) is 0 Å². The van der Waals surface area contributed by atoms with Gasteiger partial charge in [-0.3, -0.25) is 0 Å². The molecule has 17 heavy (non-hydrogen) atoms. The van der Waals surface area contributed by atoms with Crippen molar-refractivity contribution in [2.45, 2.75) is 53.9 Å². The summed E-state index contributed by atoms with van der Waals surface area (Å²) in [5, 5.41) is 0. The van der Waals surface area contributed by atoms with Crippen LogP contribution >= 0.6 is 0 Å². The van der Waals surface area contributed by atoms with Gasteiger partial charge in [-0.1, -0.05) is 57.4 Å². The van der Waals surface area contributed by atoms with Gasteiger partial charge in [0, 0.05) is 0 Å².